The quantitative estimate of drug-likeness (QED) is 0.730. The highest BCUT2D eigenvalue weighted by atomic mass is 16.5. The molecule has 0 saturated carbocycles. The SMILES string of the molecule is COc1cccc(C2C(C(=O)C(C)(C)C)=C(O)C(=O)N2Cc2ccc(C(=O)O)cc2)c1. The van der Waals surface area contributed by atoms with Crippen molar-refractivity contribution in [2.45, 2.75) is 33.4 Å². The monoisotopic (exact) mass is 423 g/mol. The molecular formula is C24H25NO6. The summed E-state index contributed by atoms with van der Waals surface area (Å²) in [5, 5.41) is 19.8. The molecule has 1 amide bonds. The van der Waals surface area contributed by atoms with E-state index < -0.39 is 29.1 Å². The van der Waals surface area contributed by atoms with Gasteiger partial charge in [-0.25, -0.2) is 4.79 Å². The third-order valence-corrected chi connectivity index (χ3v) is 5.19. The van der Waals surface area contributed by atoms with Crippen molar-refractivity contribution in [2.75, 3.05) is 7.11 Å². The fraction of sp³-hybridized carbons (Fsp3) is 0.292. The topological polar surface area (TPSA) is 104 Å². The lowest BCUT2D eigenvalue weighted by Gasteiger charge is -2.29. The smallest absolute Gasteiger partial charge is 0.335 e. The number of carboxylic acid groups (broad SMARTS) is 1. The Labute approximate surface area is 180 Å². The number of aromatic carboxylic acids is 1. The average Bonchev–Trinajstić information content (AvgIpc) is 2.97. The maximum atomic E-state index is 13.2. The third kappa shape index (κ3) is 4.30. The van der Waals surface area contributed by atoms with Crippen LogP contribution in [0.1, 0.15) is 48.3 Å². The van der Waals surface area contributed by atoms with Gasteiger partial charge in [-0.05, 0) is 35.4 Å². The number of ether oxygens (including phenoxy) is 1. The van der Waals surface area contributed by atoms with E-state index in [1.807, 2.05) is 0 Å². The lowest BCUT2D eigenvalue weighted by molar-refractivity contribution is -0.130. The predicted molar refractivity (Wildman–Crippen MR) is 114 cm³/mol. The van der Waals surface area contributed by atoms with Gasteiger partial charge in [-0.1, -0.05) is 45.0 Å². The van der Waals surface area contributed by atoms with Gasteiger partial charge in [0.05, 0.1) is 24.3 Å². The number of aliphatic hydroxyl groups excluding tert-OH is 1. The van der Waals surface area contributed by atoms with Crippen LogP contribution in [0.15, 0.2) is 59.9 Å². The van der Waals surface area contributed by atoms with Crippen LogP contribution < -0.4 is 4.74 Å². The van der Waals surface area contributed by atoms with Crippen LogP contribution >= 0.6 is 0 Å². The van der Waals surface area contributed by atoms with E-state index in [0.717, 1.165) is 0 Å². The maximum Gasteiger partial charge on any atom is 0.335 e. The molecule has 2 aromatic carbocycles. The van der Waals surface area contributed by atoms with Gasteiger partial charge in [-0.3, -0.25) is 9.59 Å². The molecule has 2 aromatic rings. The first kappa shape index (κ1) is 22.1. The van der Waals surface area contributed by atoms with Crippen LogP contribution in [0.25, 0.3) is 0 Å². The summed E-state index contributed by atoms with van der Waals surface area (Å²) in [7, 11) is 1.52. The first-order chi connectivity index (χ1) is 14.5. The third-order valence-electron chi connectivity index (χ3n) is 5.19. The first-order valence-electron chi connectivity index (χ1n) is 9.79. The van der Waals surface area contributed by atoms with E-state index in [4.69, 9.17) is 9.84 Å². The maximum absolute atomic E-state index is 13.2. The van der Waals surface area contributed by atoms with Crippen molar-refractivity contribution in [3.63, 3.8) is 0 Å². The van der Waals surface area contributed by atoms with Crippen molar-refractivity contribution in [2.24, 2.45) is 5.41 Å². The zero-order valence-electron chi connectivity index (χ0n) is 17.9. The van der Waals surface area contributed by atoms with Gasteiger partial charge in [0.15, 0.2) is 11.5 Å². The molecule has 0 aromatic heterocycles. The molecule has 31 heavy (non-hydrogen) atoms. The van der Waals surface area contributed by atoms with Crippen molar-refractivity contribution in [1.82, 2.24) is 4.90 Å². The molecule has 1 heterocycles. The number of hydrogen-bond donors (Lipinski definition) is 2. The number of ketones is 1. The molecule has 1 atom stereocenters. The van der Waals surface area contributed by atoms with Crippen LogP contribution in [0.5, 0.6) is 5.75 Å². The van der Waals surface area contributed by atoms with Gasteiger partial charge in [-0.2, -0.15) is 0 Å². The number of Topliss-reactive ketones (excluding diaryl/α,β-unsaturated/α-hetero) is 1. The summed E-state index contributed by atoms with van der Waals surface area (Å²) in [6.45, 7) is 5.29. The summed E-state index contributed by atoms with van der Waals surface area (Å²) in [6, 6.07) is 12.3. The van der Waals surface area contributed by atoms with Gasteiger partial charge in [0, 0.05) is 12.0 Å². The Morgan fingerprint density at radius 3 is 2.29 bits per heavy atom. The minimum atomic E-state index is -1.05. The van der Waals surface area contributed by atoms with Crippen molar-refractivity contribution >= 4 is 17.7 Å². The van der Waals surface area contributed by atoms with Crippen molar-refractivity contribution in [3.05, 3.63) is 76.6 Å². The van der Waals surface area contributed by atoms with Crippen LogP contribution in [0.2, 0.25) is 0 Å². The molecule has 3 rings (SSSR count). The Balaban J connectivity index is 2.07. The largest absolute Gasteiger partial charge is 0.503 e. The number of carboxylic acids is 1. The minimum Gasteiger partial charge on any atom is -0.503 e. The summed E-state index contributed by atoms with van der Waals surface area (Å²) in [5.41, 5.74) is 0.674. The fourth-order valence-corrected chi connectivity index (χ4v) is 3.56. The van der Waals surface area contributed by atoms with E-state index in [-0.39, 0.29) is 23.5 Å². The molecular weight excluding hydrogens is 398 g/mol. The van der Waals surface area contributed by atoms with E-state index in [1.165, 1.54) is 24.1 Å². The Morgan fingerprint density at radius 1 is 1.10 bits per heavy atom. The van der Waals surface area contributed by atoms with Gasteiger partial charge >= 0.3 is 5.97 Å². The molecule has 7 heteroatoms. The van der Waals surface area contributed by atoms with E-state index in [1.54, 1.807) is 57.2 Å². The number of hydrogen-bond acceptors (Lipinski definition) is 5. The van der Waals surface area contributed by atoms with E-state index in [0.29, 0.717) is 16.9 Å². The van der Waals surface area contributed by atoms with Crippen LogP contribution in [0, 0.1) is 5.41 Å². The van der Waals surface area contributed by atoms with Gasteiger partial charge in [-0.15, -0.1) is 0 Å². The van der Waals surface area contributed by atoms with E-state index in [2.05, 4.69) is 0 Å². The van der Waals surface area contributed by atoms with Crippen LogP contribution in [0.4, 0.5) is 0 Å². The Morgan fingerprint density at radius 2 is 1.74 bits per heavy atom. The number of rotatable bonds is 6. The standard InChI is InChI=1S/C24H25NO6/c1-24(2,3)21(27)18-19(16-6-5-7-17(12-16)31-4)25(22(28)20(18)26)13-14-8-10-15(11-9-14)23(29)30/h5-12,19,26H,13H2,1-4H3,(H,29,30). The van der Waals surface area contributed by atoms with Gasteiger partial charge in [0.2, 0.25) is 0 Å². The first-order valence-corrected chi connectivity index (χ1v) is 9.79. The van der Waals surface area contributed by atoms with Crippen molar-refractivity contribution in [3.8, 4) is 5.75 Å². The molecule has 0 bridgehead atoms. The van der Waals surface area contributed by atoms with Crippen LogP contribution in [-0.4, -0.2) is 39.9 Å². The minimum absolute atomic E-state index is 0.0490. The van der Waals surface area contributed by atoms with Gasteiger partial charge in [0.25, 0.3) is 5.91 Å². The number of carbonyl (C=O) groups excluding carboxylic acids is 2. The normalized spacial score (nSPS) is 16.6. The highest BCUT2D eigenvalue weighted by molar-refractivity contribution is 6.10. The summed E-state index contributed by atoms with van der Waals surface area (Å²) in [6.07, 6.45) is 0. The molecule has 1 aliphatic rings. The average molecular weight is 423 g/mol. The Kier molecular flexibility index (Phi) is 5.88. The Bertz CT molecular complexity index is 1060. The summed E-state index contributed by atoms with van der Waals surface area (Å²) < 4.78 is 5.30. The van der Waals surface area contributed by atoms with Gasteiger partial charge in [0.1, 0.15) is 5.75 Å². The van der Waals surface area contributed by atoms with E-state index >= 15 is 0 Å². The van der Waals surface area contributed by atoms with Crippen molar-refractivity contribution in [1.29, 1.82) is 0 Å². The molecule has 0 spiro atoms. The second-order valence-electron chi connectivity index (χ2n) is 8.46. The lowest BCUT2D eigenvalue weighted by atomic mass is 9.82. The highest BCUT2D eigenvalue weighted by Crippen LogP contribution is 2.42. The summed E-state index contributed by atoms with van der Waals surface area (Å²) in [5.74, 6) is -2.02. The molecule has 1 aliphatic heterocycles. The number of aliphatic hydroxyl groups is 1. The summed E-state index contributed by atoms with van der Waals surface area (Å²) >= 11 is 0. The molecule has 7 nitrogen and oxygen atoms in total. The van der Waals surface area contributed by atoms with E-state index in [9.17, 15) is 19.5 Å². The fourth-order valence-electron chi connectivity index (χ4n) is 3.56. The lowest BCUT2D eigenvalue weighted by Crippen LogP contribution is -2.32. The number of carbonyl (C=O) groups is 3. The van der Waals surface area contributed by atoms with Crippen LogP contribution in [-0.2, 0) is 16.1 Å². The van der Waals surface area contributed by atoms with Gasteiger partial charge < -0.3 is 19.8 Å². The molecule has 0 aliphatic carbocycles. The number of benzene rings is 2. The molecule has 162 valence electrons. The number of methoxy groups -OCH3 is 1. The zero-order chi connectivity index (χ0) is 22.9. The molecule has 0 radical (unpaired) electrons. The highest BCUT2D eigenvalue weighted by Gasteiger charge is 2.46. The molecule has 0 saturated heterocycles. The zero-order valence-corrected chi connectivity index (χ0v) is 17.9. The summed E-state index contributed by atoms with van der Waals surface area (Å²) in [4.78, 5) is 38.7. The van der Waals surface area contributed by atoms with Crippen molar-refractivity contribution < 1.29 is 29.3 Å². The molecule has 0 fully saturated rings. The Hall–Kier alpha value is -3.61. The van der Waals surface area contributed by atoms with Crippen LogP contribution in [0.3, 0.4) is 0 Å². The number of nitrogens with zero attached hydrogens (tertiary/aromatic N) is 1. The number of amides is 1. The molecule has 1 unspecified atom stereocenters. The second-order valence-corrected chi connectivity index (χ2v) is 8.46. The second kappa shape index (κ2) is 8.26. The molecule has 2 N–H and O–H groups in total. The predicted octanol–water partition coefficient (Wildman–Crippen LogP) is 3.90.